The van der Waals surface area contributed by atoms with Gasteiger partial charge >= 0.3 is 0 Å². The molecular weight excluding hydrogens is 226 g/mol. The number of aryl methyl sites for hydroxylation is 1. The van der Waals surface area contributed by atoms with Crippen molar-refractivity contribution in [3.8, 4) is 5.75 Å². The first-order valence-corrected chi connectivity index (χ1v) is 6.61. The highest BCUT2D eigenvalue weighted by Crippen LogP contribution is 2.21. The summed E-state index contributed by atoms with van der Waals surface area (Å²) < 4.78 is 5.27. The van der Waals surface area contributed by atoms with E-state index in [4.69, 9.17) is 4.74 Å². The topological polar surface area (TPSA) is 29.5 Å². The molecule has 0 aromatic heterocycles. The van der Waals surface area contributed by atoms with Gasteiger partial charge in [-0.3, -0.25) is 9.69 Å². The van der Waals surface area contributed by atoms with Crippen LogP contribution in [0.15, 0.2) is 18.2 Å². The zero-order valence-electron chi connectivity index (χ0n) is 11.2. The van der Waals surface area contributed by atoms with Crippen LogP contribution < -0.4 is 4.74 Å². The average Bonchev–Trinajstić information content (AvgIpc) is 2.40. The van der Waals surface area contributed by atoms with Crippen molar-refractivity contribution in [3.05, 3.63) is 29.3 Å². The van der Waals surface area contributed by atoms with Crippen LogP contribution in [0, 0.1) is 6.92 Å². The molecule has 0 bridgehead atoms. The number of piperidine rings is 1. The van der Waals surface area contributed by atoms with Crippen molar-refractivity contribution in [2.75, 3.05) is 26.7 Å². The summed E-state index contributed by atoms with van der Waals surface area (Å²) in [4.78, 5) is 14.6. The predicted octanol–water partition coefficient (Wildman–Crippen LogP) is 2.67. The van der Waals surface area contributed by atoms with Gasteiger partial charge in [-0.25, -0.2) is 0 Å². The third kappa shape index (κ3) is 3.10. The van der Waals surface area contributed by atoms with Crippen molar-refractivity contribution in [3.63, 3.8) is 0 Å². The van der Waals surface area contributed by atoms with Crippen LogP contribution in [0.25, 0.3) is 0 Å². The first-order valence-electron chi connectivity index (χ1n) is 6.61. The van der Waals surface area contributed by atoms with Crippen LogP contribution in [0.1, 0.15) is 35.2 Å². The molecular formula is C15H21NO2. The van der Waals surface area contributed by atoms with Gasteiger partial charge in [0.15, 0.2) is 5.78 Å². The molecule has 0 unspecified atom stereocenters. The van der Waals surface area contributed by atoms with Crippen LogP contribution in [-0.4, -0.2) is 37.4 Å². The number of benzene rings is 1. The Hall–Kier alpha value is -1.35. The second-order valence-corrected chi connectivity index (χ2v) is 4.96. The normalized spacial score (nSPS) is 16.6. The maximum absolute atomic E-state index is 12.3. The van der Waals surface area contributed by atoms with E-state index in [1.54, 1.807) is 7.11 Å². The summed E-state index contributed by atoms with van der Waals surface area (Å²) in [5, 5.41) is 0. The number of ether oxygens (including phenoxy) is 1. The summed E-state index contributed by atoms with van der Waals surface area (Å²) in [6.45, 7) is 4.59. The summed E-state index contributed by atoms with van der Waals surface area (Å²) in [6.07, 6.45) is 3.70. The fraction of sp³-hybridized carbons (Fsp3) is 0.533. The summed E-state index contributed by atoms with van der Waals surface area (Å²) in [7, 11) is 1.61. The number of likely N-dealkylation sites (tertiary alicyclic amines) is 1. The second-order valence-electron chi connectivity index (χ2n) is 4.96. The Kier molecular flexibility index (Phi) is 4.37. The minimum absolute atomic E-state index is 0.164. The van der Waals surface area contributed by atoms with Gasteiger partial charge in [-0.1, -0.05) is 18.1 Å². The van der Waals surface area contributed by atoms with Crippen LogP contribution in [0.4, 0.5) is 0 Å². The van der Waals surface area contributed by atoms with E-state index in [2.05, 4.69) is 4.90 Å². The molecule has 1 saturated heterocycles. The van der Waals surface area contributed by atoms with Crippen molar-refractivity contribution in [2.45, 2.75) is 26.2 Å². The van der Waals surface area contributed by atoms with Gasteiger partial charge in [0.25, 0.3) is 0 Å². The third-order valence-electron chi connectivity index (χ3n) is 3.47. The van der Waals surface area contributed by atoms with E-state index in [-0.39, 0.29) is 5.78 Å². The SMILES string of the molecule is COc1ccc(C)cc1C(=O)CN1CCCCC1. The van der Waals surface area contributed by atoms with E-state index in [0.29, 0.717) is 17.9 Å². The number of rotatable bonds is 4. The number of methoxy groups -OCH3 is 1. The Morgan fingerprint density at radius 2 is 2.00 bits per heavy atom. The van der Waals surface area contributed by atoms with Crippen LogP contribution in [0.5, 0.6) is 5.75 Å². The monoisotopic (exact) mass is 247 g/mol. The molecule has 0 radical (unpaired) electrons. The molecule has 3 heteroatoms. The lowest BCUT2D eigenvalue weighted by molar-refractivity contribution is 0.0912. The Balaban J connectivity index is 2.09. The van der Waals surface area contributed by atoms with Gasteiger partial charge in [0.1, 0.15) is 5.75 Å². The summed E-state index contributed by atoms with van der Waals surface area (Å²) >= 11 is 0. The van der Waals surface area contributed by atoms with Crippen LogP contribution in [-0.2, 0) is 0 Å². The molecule has 3 nitrogen and oxygen atoms in total. The van der Waals surface area contributed by atoms with Crippen molar-refractivity contribution < 1.29 is 9.53 Å². The summed E-state index contributed by atoms with van der Waals surface area (Å²) in [6, 6.07) is 5.76. The molecule has 0 amide bonds. The van der Waals surface area contributed by atoms with Crippen molar-refractivity contribution in [1.29, 1.82) is 0 Å². The van der Waals surface area contributed by atoms with E-state index in [1.165, 1.54) is 19.3 Å². The molecule has 1 heterocycles. The van der Waals surface area contributed by atoms with E-state index in [0.717, 1.165) is 18.7 Å². The minimum atomic E-state index is 0.164. The fourth-order valence-electron chi connectivity index (χ4n) is 2.45. The quantitative estimate of drug-likeness (QED) is 0.766. The molecule has 98 valence electrons. The average molecular weight is 247 g/mol. The minimum Gasteiger partial charge on any atom is -0.496 e. The zero-order chi connectivity index (χ0) is 13.0. The lowest BCUT2D eigenvalue weighted by Gasteiger charge is -2.25. The Labute approximate surface area is 109 Å². The van der Waals surface area contributed by atoms with Crippen LogP contribution in [0.3, 0.4) is 0 Å². The number of Topliss-reactive ketones (excluding diaryl/α,β-unsaturated/α-hetero) is 1. The van der Waals surface area contributed by atoms with Gasteiger partial charge in [0.05, 0.1) is 19.2 Å². The maximum Gasteiger partial charge on any atom is 0.180 e. The number of carbonyl (C=O) groups is 1. The number of hydrogen-bond donors (Lipinski definition) is 0. The Bertz CT molecular complexity index is 423. The van der Waals surface area contributed by atoms with Gasteiger partial charge in [-0.05, 0) is 45.0 Å². The van der Waals surface area contributed by atoms with Gasteiger partial charge in [-0.2, -0.15) is 0 Å². The largest absolute Gasteiger partial charge is 0.496 e. The molecule has 0 aliphatic carbocycles. The fourth-order valence-corrected chi connectivity index (χ4v) is 2.45. The second kappa shape index (κ2) is 6.01. The first kappa shape index (κ1) is 13.1. The Morgan fingerprint density at radius 1 is 1.28 bits per heavy atom. The van der Waals surface area contributed by atoms with Crippen molar-refractivity contribution >= 4 is 5.78 Å². The van der Waals surface area contributed by atoms with Gasteiger partial charge in [0, 0.05) is 0 Å². The zero-order valence-corrected chi connectivity index (χ0v) is 11.2. The standard InChI is InChI=1S/C15H21NO2/c1-12-6-7-15(18-2)13(10-12)14(17)11-16-8-4-3-5-9-16/h6-7,10H,3-5,8-9,11H2,1-2H3. The summed E-state index contributed by atoms with van der Waals surface area (Å²) in [5.41, 5.74) is 1.81. The van der Waals surface area contributed by atoms with Gasteiger partial charge < -0.3 is 4.74 Å². The first-order chi connectivity index (χ1) is 8.70. The number of carbonyl (C=O) groups excluding carboxylic acids is 1. The molecule has 0 N–H and O–H groups in total. The van der Waals surface area contributed by atoms with Crippen LogP contribution >= 0.6 is 0 Å². The van der Waals surface area contributed by atoms with Gasteiger partial charge in [-0.15, -0.1) is 0 Å². The number of ketones is 1. The lowest BCUT2D eigenvalue weighted by Crippen LogP contribution is -2.34. The highest BCUT2D eigenvalue weighted by atomic mass is 16.5. The summed E-state index contributed by atoms with van der Waals surface area (Å²) in [5.74, 6) is 0.847. The predicted molar refractivity (Wildman–Crippen MR) is 72.4 cm³/mol. The van der Waals surface area contributed by atoms with E-state index in [1.807, 2.05) is 25.1 Å². The molecule has 0 saturated carbocycles. The van der Waals surface area contributed by atoms with Crippen molar-refractivity contribution in [2.24, 2.45) is 0 Å². The molecule has 18 heavy (non-hydrogen) atoms. The molecule has 1 aromatic rings. The highest BCUT2D eigenvalue weighted by molar-refractivity contribution is 6.00. The number of nitrogens with zero attached hydrogens (tertiary/aromatic N) is 1. The highest BCUT2D eigenvalue weighted by Gasteiger charge is 2.17. The van der Waals surface area contributed by atoms with E-state index < -0.39 is 0 Å². The molecule has 2 rings (SSSR count). The molecule has 0 atom stereocenters. The third-order valence-corrected chi connectivity index (χ3v) is 3.47. The molecule has 1 fully saturated rings. The van der Waals surface area contributed by atoms with E-state index in [9.17, 15) is 4.79 Å². The molecule has 0 spiro atoms. The molecule has 1 aliphatic rings. The van der Waals surface area contributed by atoms with Gasteiger partial charge in [0.2, 0.25) is 0 Å². The smallest absolute Gasteiger partial charge is 0.180 e. The van der Waals surface area contributed by atoms with E-state index >= 15 is 0 Å². The maximum atomic E-state index is 12.3. The van der Waals surface area contributed by atoms with Crippen molar-refractivity contribution in [1.82, 2.24) is 4.90 Å². The molecule has 1 aromatic carbocycles. The lowest BCUT2D eigenvalue weighted by atomic mass is 10.0. The van der Waals surface area contributed by atoms with Crippen LogP contribution in [0.2, 0.25) is 0 Å². The number of hydrogen-bond acceptors (Lipinski definition) is 3. The molecule has 1 aliphatic heterocycles. The Morgan fingerprint density at radius 3 is 2.67 bits per heavy atom.